The molecule has 0 aliphatic carbocycles. The molecule has 1 heterocycles. The number of alkyl halides is 3. The SMILES string of the molecule is CCCC(NC(=O)C1CNCCO1)c1cccc(C(F)(F)F)c1. The van der Waals surface area contributed by atoms with Crippen LogP contribution in [-0.4, -0.2) is 31.7 Å². The fraction of sp³-hybridized carbons (Fsp3) is 0.562. The van der Waals surface area contributed by atoms with Crippen molar-refractivity contribution in [3.63, 3.8) is 0 Å². The van der Waals surface area contributed by atoms with Crippen LogP contribution in [0.2, 0.25) is 0 Å². The average molecular weight is 330 g/mol. The Hall–Kier alpha value is -1.60. The fourth-order valence-electron chi connectivity index (χ4n) is 2.54. The number of amides is 1. The first-order valence-corrected chi connectivity index (χ1v) is 7.71. The van der Waals surface area contributed by atoms with Gasteiger partial charge in [0.25, 0.3) is 5.91 Å². The Morgan fingerprint density at radius 1 is 1.48 bits per heavy atom. The molecule has 0 saturated carbocycles. The van der Waals surface area contributed by atoms with Gasteiger partial charge in [-0.2, -0.15) is 13.2 Å². The molecule has 0 radical (unpaired) electrons. The van der Waals surface area contributed by atoms with Crippen LogP contribution in [0.1, 0.15) is 36.9 Å². The Kier molecular flexibility index (Phi) is 6.01. The standard InChI is InChI=1S/C16H21F3N2O2/c1-2-4-13(21-15(22)14-10-20-7-8-23-14)11-5-3-6-12(9-11)16(17,18)19/h3,5-6,9,13-14,20H,2,4,7-8,10H2,1H3,(H,21,22). The average Bonchev–Trinajstić information content (AvgIpc) is 2.54. The molecule has 1 saturated heterocycles. The summed E-state index contributed by atoms with van der Waals surface area (Å²) < 4.78 is 43.9. The molecule has 0 aromatic heterocycles. The highest BCUT2D eigenvalue weighted by Crippen LogP contribution is 2.31. The third kappa shape index (κ3) is 4.94. The van der Waals surface area contributed by atoms with E-state index >= 15 is 0 Å². The van der Waals surface area contributed by atoms with Gasteiger partial charge in [-0.15, -0.1) is 0 Å². The number of benzene rings is 1. The Morgan fingerprint density at radius 3 is 2.87 bits per heavy atom. The highest BCUT2D eigenvalue weighted by molar-refractivity contribution is 5.81. The van der Waals surface area contributed by atoms with Gasteiger partial charge < -0.3 is 15.4 Å². The number of morpholine rings is 1. The summed E-state index contributed by atoms with van der Waals surface area (Å²) >= 11 is 0. The zero-order valence-corrected chi connectivity index (χ0v) is 13.0. The predicted molar refractivity (Wildman–Crippen MR) is 79.8 cm³/mol. The van der Waals surface area contributed by atoms with Crippen LogP contribution in [0.3, 0.4) is 0 Å². The van der Waals surface area contributed by atoms with E-state index in [2.05, 4.69) is 10.6 Å². The Morgan fingerprint density at radius 2 is 2.26 bits per heavy atom. The first-order chi connectivity index (χ1) is 10.9. The van der Waals surface area contributed by atoms with E-state index < -0.39 is 23.9 Å². The summed E-state index contributed by atoms with van der Waals surface area (Å²) in [6.45, 7) is 3.47. The van der Waals surface area contributed by atoms with Crippen LogP contribution in [-0.2, 0) is 15.7 Å². The van der Waals surface area contributed by atoms with Gasteiger partial charge in [-0.25, -0.2) is 0 Å². The minimum Gasteiger partial charge on any atom is -0.366 e. The number of nitrogens with one attached hydrogen (secondary N) is 2. The van der Waals surface area contributed by atoms with E-state index in [1.807, 2.05) is 6.92 Å². The van der Waals surface area contributed by atoms with Crippen LogP contribution < -0.4 is 10.6 Å². The van der Waals surface area contributed by atoms with Crippen LogP contribution in [0.4, 0.5) is 13.2 Å². The number of carbonyl (C=O) groups excluding carboxylic acids is 1. The van der Waals surface area contributed by atoms with Gasteiger partial charge in [-0.1, -0.05) is 25.5 Å². The molecule has 2 rings (SSSR count). The molecular weight excluding hydrogens is 309 g/mol. The minimum atomic E-state index is -4.40. The second-order valence-electron chi connectivity index (χ2n) is 5.54. The molecule has 128 valence electrons. The topological polar surface area (TPSA) is 50.4 Å². The summed E-state index contributed by atoms with van der Waals surface area (Å²) in [6.07, 6.45) is -3.69. The van der Waals surface area contributed by atoms with E-state index in [1.165, 1.54) is 6.07 Å². The maximum Gasteiger partial charge on any atom is 0.416 e. The van der Waals surface area contributed by atoms with Gasteiger partial charge in [0.2, 0.25) is 0 Å². The molecule has 1 aliphatic rings. The second kappa shape index (κ2) is 7.79. The van der Waals surface area contributed by atoms with Crippen molar-refractivity contribution < 1.29 is 22.7 Å². The molecule has 0 spiro atoms. The molecule has 1 amide bonds. The van der Waals surface area contributed by atoms with Crippen LogP contribution in [0.15, 0.2) is 24.3 Å². The summed E-state index contributed by atoms with van der Waals surface area (Å²) in [5.41, 5.74) is -0.250. The highest BCUT2D eigenvalue weighted by Gasteiger charge is 2.31. The lowest BCUT2D eigenvalue weighted by Crippen LogP contribution is -2.48. The van der Waals surface area contributed by atoms with Crippen molar-refractivity contribution in [1.82, 2.24) is 10.6 Å². The van der Waals surface area contributed by atoms with E-state index in [1.54, 1.807) is 6.07 Å². The van der Waals surface area contributed by atoms with E-state index in [-0.39, 0.29) is 5.91 Å². The quantitative estimate of drug-likeness (QED) is 0.873. The molecule has 23 heavy (non-hydrogen) atoms. The number of ether oxygens (including phenoxy) is 1. The number of carbonyl (C=O) groups is 1. The summed E-state index contributed by atoms with van der Waals surface area (Å²) in [7, 11) is 0. The molecule has 0 bridgehead atoms. The van der Waals surface area contributed by atoms with E-state index in [9.17, 15) is 18.0 Å². The van der Waals surface area contributed by atoms with Gasteiger partial charge in [0.1, 0.15) is 6.10 Å². The molecule has 2 atom stereocenters. The minimum absolute atomic E-state index is 0.298. The molecule has 1 aliphatic heterocycles. The van der Waals surface area contributed by atoms with Crippen molar-refractivity contribution in [2.24, 2.45) is 0 Å². The Bertz CT molecular complexity index is 528. The highest BCUT2D eigenvalue weighted by atomic mass is 19.4. The third-order valence-electron chi connectivity index (χ3n) is 3.73. The predicted octanol–water partition coefficient (Wildman–Crippen LogP) is 2.65. The van der Waals surface area contributed by atoms with E-state index in [0.29, 0.717) is 31.7 Å². The van der Waals surface area contributed by atoms with Crippen LogP contribution in [0, 0.1) is 0 Å². The maximum absolute atomic E-state index is 12.9. The Balaban J connectivity index is 2.12. The zero-order valence-electron chi connectivity index (χ0n) is 13.0. The van der Waals surface area contributed by atoms with Gasteiger partial charge in [0.05, 0.1) is 18.2 Å². The second-order valence-corrected chi connectivity index (χ2v) is 5.54. The zero-order chi connectivity index (χ0) is 16.9. The van der Waals surface area contributed by atoms with E-state index in [4.69, 9.17) is 4.74 Å². The van der Waals surface area contributed by atoms with Crippen LogP contribution in [0.5, 0.6) is 0 Å². The van der Waals surface area contributed by atoms with Gasteiger partial charge >= 0.3 is 6.18 Å². The van der Waals surface area contributed by atoms with Gasteiger partial charge in [0.15, 0.2) is 0 Å². The van der Waals surface area contributed by atoms with Crippen molar-refractivity contribution in [1.29, 1.82) is 0 Å². The lowest BCUT2D eigenvalue weighted by atomic mass is 9.99. The van der Waals surface area contributed by atoms with E-state index in [0.717, 1.165) is 18.6 Å². The first kappa shape index (κ1) is 17.7. The molecule has 2 unspecified atom stereocenters. The van der Waals surface area contributed by atoms with Crippen molar-refractivity contribution >= 4 is 5.91 Å². The normalized spacial score (nSPS) is 20.1. The van der Waals surface area contributed by atoms with Gasteiger partial charge in [-0.05, 0) is 24.1 Å². The molecular formula is C16H21F3N2O2. The summed E-state index contributed by atoms with van der Waals surface area (Å²) in [5, 5.41) is 5.87. The van der Waals surface area contributed by atoms with Crippen LogP contribution >= 0.6 is 0 Å². The smallest absolute Gasteiger partial charge is 0.366 e. The van der Waals surface area contributed by atoms with Crippen molar-refractivity contribution in [3.8, 4) is 0 Å². The van der Waals surface area contributed by atoms with Crippen molar-refractivity contribution in [3.05, 3.63) is 35.4 Å². The molecule has 2 N–H and O–H groups in total. The lowest BCUT2D eigenvalue weighted by molar-refractivity contribution is -0.137. The van der Waals surface area contributed by atoms with Crippen molar-refractivity contribution in [2.75, 3.05) is 19.7 Å². The molecule has 1 fully saturated rings. The molecule has 1 aromatic carbocycles. The third-order valence-corrected chi connectivity index (χ3v) is 3.73. The fourth-order valence-corrected chi connectivity index (χ4v) is 2.54. The number of rotatable bonds is 5. The lowest BCUT2D eigenvalue weighted by Gasteiger charge is -2.26. The monoisotopic (exact) mass is 330 g/mol. The maximum atomic E-state index is 12.9. The first-order valence-electron chi connectivity index (χ1n) is 7.71. The molecule has 7 heteroatoms. The molecule has 1 aromatic rings. The molecule has 4 nitrogen and oxygen atoms in total. The summed E-state index contributed by atoms with van der Waals surface area (Å²) in [6, 6.07) is 4.64. The number of hydrogen-bond acceptors (Lipinski definition) is 3. The number of halogens is 3. The van der Waals surface area contributed by atoms with Crippen LogP contribution in [0.25, 0.3) is 0 Å². The largest absolute Gasteiger partial charge is 0.416 e. The van der Waals surface area contributed by atoms with Gasteiger partial charge in [-0.3, -0.25) is 4.79 Å². The van der Waals surface area contributed by atoms with Crippen molar-refractivity contribution in [2.45, 2.75) is 38.1 Å². The van der Waals surface area contributed by atoms with Gasteiger partial charge in [0, 0.05) is 13.1 Å². The summed E-state index contributed by atoms with van der Waals surface area (Å²) in [4.78, 5) is 12.2. The summed E-state index contributed by atoms with van der Waals surface area (Å²) in [5.74, 6) is -0.298. The Labute approximate surface area is 133 Å². The number of hydrogen-bond donors (Lipinski definition) is 2.